The van der Waals surface area contributed by atoms with Gasteiger partial charge in [0.2, 0.25) is 5.91 Å². The standard InChI is InChI=1S/C26H30N4O3/c1-32-24-17-22(10-11-23(24)33-20-21-7-3-2-4-8-21)18-28-26(31)19-29-13-15-30(16-14-29)25-9-5-6-12-27-25/h2-12,17H,13-16,18-20H2,1H3,(H,28,31). The summed E-state index contributed by atoms with van der Waals surface area (Å²) in [4.78, 5) is 21.3. The molecule has 1 aliphatic rings. The molecular formula is C26H30N4O3. The van der Waals surface area contributed by atoms with Crippen LogP contribution in [0.1, 0.15) is 11.1 Å². The molecule has 4 rings (SSSR count). The van der Waals surface area contributed by atoms with Crippen molar-refractivity contribution in [3.8, 4) is 11.5 Å². The number of carbonyl (C=O) groups is 1. The first-order valence-electron chi connectivity index (χ1n) is 11.2. The molecule has 2 aromatic carbocycles. The smallest absolute Gasteiger partial charge is 0.234 e. The lowest BCUT2D eigenvalue weighted by Gasteiger charge is -2.34. The lowest BCUT2D eigenvalue weighted by Crippen LogP contribution is -2.49. The number of methoxy groups -OCH3 is 1. The lowest BCUT2D eigenvalue weighted by atomic mass is 10.2. The third-order valence-electron chi connectivity index (χ3n) is 5.67. The molecule has 1 saturated heterocycles. The van der Waals surface area contributed by atoms with Crippen molar-refractivity contribution in [2.24, 2.45) is 0 Å². The molecule has 1 aromatic heterocycles. The zero-order valence-corrected chi connectivity index (χ0v) is 18.9. The molecule has 0 spiro atoms. The van der Waals surface area contributed by atoms with Crippen LogP contribution in [-0.4, -0.2) is 55.6 Å². The van der Waals surface area contributed by atoms with E-state index in [0.29, 0.717) is 31.2 Å². The van der Waals surface area contributed by atoms with Crippen molar-refractivity contribution >= 4 is 11.7 Å². The minimum atomic E-state index is 0.0182. The Balaban J connectivity index is 1.23. The van der Waals surface area contributed by atoms with Crippen molar-refractivity contribution in [2.45, 2.75) is 13.2 Å². The molecular weight excluding hydrogens is 416 g/mol. The predicted octanol–water partition coefficient (Wildman–Crippen LogP) is 3.11. The van der Waals surface area contributed by atoms with Crippen molar-refractivity contribution in [3.05, 3.63) is 84.1 Å². The zero-order chi connectivity index (χ0) is 22.9. The summed E-state index contributed by atoms with van der Waals surface area (Å²) < 4.78 is 11.4. The summed E-state index contributed by atoms with van der Waals surface area (Å²) in [5, 5.41) is 3.01. The maximum absolute atomic E-state index is 12.5. The van der Waals surface area contributed by atoms with E-state index in [0.717, 1.165) is 43.1 Å². The number of hydrogen-bond acceptors (Lipinski definition) is 6. The van der Waals surface area contributed by atoms with Crippen LogP contribution in [0.25, 0.3) is 0 Å². The molecule has 7 heteroatoms. The van der Waals surface area contributed by atoms with Crippen LogP contribution in [0.2, 0.25) is 0 Å². The van der Waals surface area contributed by atoms with E-state index in [1.54, 1.807) is 7.11 Å². The summed E-state index contributed by atoms with van der Waals surface area (Å²) in [5.41, 5.74) is 2.06. The Morgan fingerprint density at radius 1 is 0.939 bits per heavy atom. The van der Waals surface area contributed by atoms with E-state index in [9.17, 15) is 4.79 Å². The maximum atomic E-state index is 12.5. The second kappa shape index (κ2) is 11.3. The minimum absolute atomic E-state index is 0.0182. The molecule has 0 atom stereocenters. The number of carbonyl (C=O) groups excluding carboxylic acids is 1. The van der Waals surface area contributed by atoms with Gasteiger partial charge in [-0.3, -0.25) is 9.69 Å². The summed E-state index contributed by atoms with van der Waals surface area (Å²) in [6.45, 7) is 4.73. The average molecular weight is 447 g/mol. The molecule has 0 saturated carbocycles. The van der Waals surface area contributed by atoms with Gasteiger partial charge in [-0.25, -0.2) is 4.98 Å². The van der Waals surface area contributed by atoms with Gasteiger partial charge >= 0.3 is 0 Å². The Hall–Kier alpha value is -3.58. The van der Waals surface area contributed by atoms with E-state index in [2.05, 4.69) is 20.1 Å². The molecule has 1 amide bonds. The highest BCUT2D eigenvalue weighted by Gasteiger charge is 2.19. The Bertz CT molecular complexity index is 1020. The molecule has 1 N–H and O–H groups in total. The molecule has 7 nitrogen and oxygen atoms in total. The second-order valence-electron chi connectivity index (χ2n) is 7.99. The average Bonchev–Trinajstić information content (AvgIpc) is 2.88. The summed E-state index contributed by atoms with van der Waals surface area (Å²) in [6.07, 6.45) is 1.81. The van der Waals surface area contributed by atoms with Crippen molar-refractivity contribution in [2.75, 3.05) is 44.7 Å². The molecule has 0 bridgehead atoms. The van der Waals surface area contributed by atoms with Gasteiger partial charge in [-0.05, 0) is 35.4 Å². The van der Waals surface area contributed by atoms with Crippen molar-refractivity contribution < 1.29 is 14.3 Å². The highest BCUT2D eigenvalue weighted by molar-refractivity contribution is 5.78. The fourth-order valence-corrected chi connectivity index (χ4v) is 3.81. The first-order chi connectivity index (χ1) is 16.2. The van der Waals surface area contributed by atoms with Gasteiger partial charge in [0.05, 0.1) is 13.7 Å². The number of benzene rings is 2. The number of rotatable bonds is 9. The van der Waals surface area contributed by atoms with E-state index < -0.39 is 0 Å². The first-order valence-corrected chi connectivity index (χ1v) is 11.2. The van der Waals surface area contributed by atoms with Gasteiger partial charge in [-0.2, -0.15) is 0 Å². The number of anilines is 1. The van der Waals surface area contributed by atoms with Crippen LogP contribution in [-0.2, 0) is 17.9 Å². The van der Waals surface area contributed by atoms with Gasteiger partial charge in [0.25, 0.3) is 0 Å². The molecule has 3 aromatic rings. The molecule has 0 radical (unpaired) electrons. The topological polar surface area (TPSA) is 66.9 Å². The molecule has 2 heterocycles. The Labute approximate surface area is 195 Å². The van der Waals surface area contributed by atoms with Gasteiger partial charge in [-0.15, -0.1) is 0 Å². The number of amides is 1. The van der Waals surface area contributed by atoms with E-state index in [4.69, 9.17) is 9.47 Å². The number of aromatic nitrogens is 1. The van der Waals surface area contributed by atoms with Crippen LogP contribution in [0.15, 0.2) is 72.9 Å². The first kappa shape index (κ1) is 22.6. The minimum Gasteiger partial charge on any atom is -0.493 e. The van der Waals surface area contributed by atoms with Gasteiger partial charge in [0.15, 0.2) is 11.5 Å². The molecule has 172 valence electrons. The Morgan fingerprint density at radius 2 is 1.73 bits per heavy atom. The van der Waals surface area contributed by atoms with Crippen LogP contribution in [0.3, 0.4) is 0 Å². The number of pyridine rings is 1. The molecule has 0 aliphatic carbocycles. The summed E-state index contributed by atoms with van der Waals surface area (Å²) in [6, 6.07) is 21.7. The lowest BCUT2D eigenvalue weighted by molar-refractivity contribution is -0.122. The Morgan fingerprint density at radius 3 is 2.45 bits per heavy atom. The van der Waals surface area contributed by atoms with Crippen LogP contribution >= 0.6 is 0 Å². The quantitative estimate of drug-likeness (QED) is 0.545. The van der Waals surface area contributed by atoms with Crippen LogP contribution < -0.4 is 19.7 Å². The number of piperazine rings is 1. The number of hydrogen-bond donors (Lipinski definition) is 1. The SMILES string of the molecule is COc1cc(CNC(=O)CN2CCN(c3ccccn3)CC2)ccc1OCc1ccccc1. The number of nitrogens with one attached hydrogen (secondary N) is 1. The Kier molecular flexibility index (Phi) is 7.76. The third-order valence-corrected chi connectivity index (χ3v) is 5.67. The normalized spacial score (nSPS) is 14.0. The van der Waals surface area contributed by atoms with E-state index in [1.807, 2.05) is 72.9 Å². The zero-order valence-electron chi connectivity index (χ0n) is 18.9. The van der Waals surface area contributed by atoms with Crippen molar-refractivity contribution in [3.63, 3.8) is 0 Å². The van der Waals surface area contributed by atoms with Crippen LogP contribution in [0.4, 0.5) is 5.82 Å². The number of ether oxygens (including phenoxy) is 2. The highest BCUT2D eigenvalue weighted by atomic mass is 16.5. The van der Waals surface area contributed by atoms with E-state index in [1.165, 1.54) is 0 Å². The molecule has 1 fully saturated rings. The third kappa shape index (κ3) is 6.46. The van der Waals surface area contributed by atoms with Gasteiger partial charge in [-0.1, -0.05) is 42.5 Å². The van der Waals surface area contributed by atoms with Crippen molar-refractivity contribution in [1.82, 2.24) is 15.2 Å². The van der Waals surface area contributed by atoms with Crippen molar-refractivity contribution in [1.29, 1.82) is 0 Å². The summed E-state index contributed by atoms with van der Waals surface area (Å²) in [7, 11) is 1.62. The maximum Gasteiger partial charge on any atom is 0.234 e. The second-order valence-corrected chi connectivity index (χ2v) is 7.99. The molecule has 1 aliphatic heterocycles. The fraction of sp³-hybridized carbons (Fsp3) is 0.308. The predicted molar refractivity (Wildman–Crippen MR) is 129 cm³/mol. The van der Waals surface area contributed by atoms with Crippen LogP contribution in [0.5, 0.6) is 11.5 Å². The van der Waals surface area contributed by atoms with Gasteiger partial charge in [0.1, 0.15) is 12.4 Å². The highest BCUT2D eigenvalue weighted by Crippen LogP contribution is 2.28. The van der Waals surface area contributed by atoms with Gasteiger partial charge < -0.3 is 19.7 Å². The molecule has 33 heavy (non-hydrogen) atoms. The fourth-order valence-electron chi connectivity index (χ4n) is 3.81. The van der Waals surface area contributed by atoms with E-state index in [-0.39, 0.29) is 5.91 Å². The van der Waals surface area contributed by atoms with E-state index >= 15 is 0 Å². The number of nitrogens with zero attached hydrogens (tertiary/aromatic N) is 3. The summed E-state index contributed by atoms with van der Waals surface area (Å²) in [5.74, 6) is 2.35. The molecule has 0 unspecified atom stereocenters. The van der Waals surface area contributed by atoms with Crippen LogP contribution in [0, 0.1) is 0 Å². The van der Waals surface area contributed by atoms with Gasteiger partial charge in [0, 0.05) is 38.9 Å². The summed E-state index contributed by atoms with van der Waals surface area (Å²) >= 11 is 0. The largest absolute Gasteiger partial charge is 0.493 e. The monoisotopic (exact) mass is 446 g/mol.